The number of methoxy groups -OCH3 is 2. The van der Waals surface area contributed by atoms with Crippen LogP contribution >= 0.6 is 0 Å². The lowest BCUT2D eigenvalue weighted by Crippen LogP contribution is -2.35. The Morgan fingerprint density at radius 3 is 2.46 bits per heavy atom. The average Bonchev–Trinajstić information content (AvgIpc) is 2.68. The molecule has 0 saturated carbocycles. The molecule has 2 amide bonds. The van der Waals surface area contributed by atoms with Crippen LogP contribution in [0.15, 0.2) is 42.5 Å². The number of amides is 2. The van der Waals surface area contributed by atoms with Gasteiger partial charge >= 0.3 is 0 Å². The van der Waals surface area contributed by atoms with E-state index in [1.807, 2.05) is 12.1 Å². The van der Waals surface area contributed by atoms with Gasteiger partial charge in [0.15, 0.2) is 0 Å². The Morgan fingerprint density at radius 2 is 1.81 bits per heavy atom. The Labute approximate surface area is 152 Å². The third-order valence-corrected chi connectivity index (χ3v) is 4.41. The van der Waals surface area contributed by atoms with Gasteiger partial charge in [-0.15, -0.1) is 0 Å². The molecule has 1 fully saturated rings. The summed E-state index contributed by atoms with van der Waals surface area (Å²) in [6.45, 7) is 0.744. The summed E-state index contributed by atoms with van der Waals surface area (Å²) >= 11 is 0. The van der Waals surface area contributed by atoms with Gasteiger partial charge in [-0.1, -0.05) is 0 Å². The van der Waals surface area contributed by atoms with E-state index >= 15 is 0 Å². The number of hydrogen-bond acceptors (Lipinski definition) is 4. The number of carbonyl (C=O) groups is 2. The normalized spacial score (nSPS) is 14.1. The predicted molar refractivity (Wildman–Crippen MR) is 100 cm³/mol. The fraction of sp³-hybridized carbons (Fsp3) is 0.300. The molecule has 2 aromatic rings. The van der Waals surface area contributed by atoms with E-state index in [2.05, 4.69) is 5.32 Å². The van der Waals surface area contributed by atoms with Crippen molar-refractivity contribution in [2.24, 2.45) is 0 Å². The van der Waals surface area contributed by atoms with Crippen LogP contribution in [0.25, 0.3) is 0 Å². The first-order chi connectivity index (χ1) is 12.6. The van der Waals surface area contributed by atoms with Gasteiger partial charge in [0.2, 0.25) is 5.91 Å². The monoisotopic (exact) mass is 354 g/mol. The van der Waals surface area contributed by atoms with Gasteiger partial charge in [0, 0.05) is 30.4 Å². The highest BCUT2D eigenvalue weighted by molar-refractivity contribution is 6.06. The molecule has 0 atom stereocenters. The van der Waals surface area contributed by atoms with E-state index in [-0.39, 0.29) is 11.8 Å². The molecule has 26 heavy (non-hydrogen) atoms. The molecule has 6 nitrogen and oxygen atoms in total. The van der Waals surface area contributed by atoms with Crippen LogP contribution in [-0.2, 0) is 4.79 Å². The minimum atomic E-state index is -0.272. The highest BCUT2D eigenvalue weighted by Crippen LogP contribution is 2.26. The molecule has 1 saturated heterocycles. The van der Waals surface area contributed by atoms with E-state index < -0.39 is 0 Å². The first-order valence-corrected chi connectivity index (χ1v) is 8.56. The zero-order chi connectivity index (χ0) is 18.5. The second-order valence-electron chi connectivity index (χ2n) is 6.07. The molecule has 6 heteroatoms. The molecule has 1 aliphatic rings. The average molecular weight is 354 g/mol. The molecule has 0 aromatic heterocycles. The van der Waals surface area contributed by atoms with Crippen molar-refractivity contribution in [2.45, 2.75) is 19.3 Å². The summed E-state index contributed by atoms with van der Waals surface area (Å²) in [5, 5.41) is 2.85. The highest BCUT2D eigenvalue weighted by Gasteiger charge is 2.19. The summed E-state index contributed by atoms with van der Waals surface area (Å²) in [5.74, 6) is 0.939. The lowest BCUT2D eigenvalue weighted by Gasteiger charge is -2.26. The lowest BCUT2D eigenvalue weighted by atomic mass is 10.1. The van der Waals surface area contributed by atoms with Gasteiger partial charge in [-0.2, -0.15) is 0 Å². The molecule has 0 unspecified atom stereocenters. The topological polar surface area (TPSA) is 67.9 Å². The van der Waals surface area contributed by atoms with Gasteiger partial charge in [0.05, 0.1) is 19.8 Å². The number of anilines is 2. The molecule has 136 valence electrons. The van der Waals surface area contributed by atoms with Crippen LogP contribution in [0, 0.1) is 0 Å². The minimum Gasteiger partial charge on any atom is -0.497 e. The summed E-state index contributed by atoms with van der Waals surface area (Å²) in [5.41, 5.74) is 1.93. The van der Waals surface area contributed by atoms with Crippen molar-refractivity contribution in [1.82, 2.24) is 0 Å². The third kappa shape index (κ3) is 3.79. The molecule has 1 heterocycles. The number of hydrogen-bond donors (Lipinski definition) is 1. The Kier molecular flexibility index (Phi) is 5.41. The van der Waals surface area contributed by atoms with Crippen LogP contribution < -0.4 is 19.7 Å². The van der Waals surface area contributed by atoms with E-state index in [4.69, 9.17) is 9.47 Å². The number of ether oxygens (including phenoxy) is 2. The zero-order valence-electron chi connectivity index (χ0n) is 15.0. The van der Waals surface area contributed by atoms with Crippen molar-refractivity contribution >= 4 is 23.2 Å². The van der Waals surface area contributed by atoms with Crippen molar-refractivity contribution in [3.8, 4) is 11.5 Å². The van der Waals surface area contributed by atoms with Crippen LogP contribution in [0.3, 0.4) is 0 Å². The summed E-state index contributed by atoms with van der Waals surface area (Å²) in [7, 11) is 3.07. The second-order valence-corrected chi connectivity index (χ2v) is 6.07. The summed E-state index contributed by atoms with van der Waals surface area (Å²) in [6, 6.07) is 12.3. The summed E-state index contributed by atoms with van der Waals surface area (Å²) in [4.78, 5) is 26.3. The van der Waals surface area contributed by atoms with Crippen molar-refractivity contribution in [2.75, 3.05) is 31.0 Å². The first-order valence-electron chi connectivity index (χ1n) is 8.56. The van der Waals surface area contributed by atoms with Crippen LogP contribution in [0.2, 0.25) is 0 Å². The Balaban J connectivity index is 1.73. The summed E-state index contributed by atoms with van der Waals surface area (Å²) in [6.07, 6.45) is 2.56. The largest absolute Gasteiger partial charge is 0.497 e. The van der Waals surface area contributed by atoms with E-state index in [1.54, 1.807) is 42.3 Å². The van der Waals surface area contributed by atoms with E-state index in [1.165, 1.54) is 7.11 Å². The van der Waals surface area contributed by atoms with Crippen molar-refractivity contribution in [3.05, 3.63) is 48.0 Å². The second kappa shape index (κ2) is 7.91. The smallest absolute Gasteiger partial charge is 0.259 e. The number of nitrogens with one attached hydrogen (secondary N) is 1. The van der Waals surface area contributed by atoms with E-state index in [9.17, 15) is 9.59 Å². The fourth-order valence-corrected chi connectivity index (χ4v) is 2.99. The van der Waals surface area contributed by atoms with Crippen LogP contribution in [-0.4, -0.2) is 32.6 Å². The molecular formula is C20H22N2O4. The standard InChI is InChI=1S/C20H22N2O4/c1-25-16-10-11-17(18(13-16)26-2)20(24)21-14-6-8-15(9-7-14)22-12-4-3-5-19(22)23/h6-11,13H,3-5,12H2,1-2H3,(H,21,24). The lowest BCUT2D eigenvalue weighted by molar-refractivity contribution is -0.119. The molecule has 0 radical (unpaired) electrons. The number of benzene rings is 2. The van der Waals surface area contributed by atoms with Gasteiger partial charge < -0.3 is 19.7 Å². The van der Waals surface area contributed by atoms with Crippen molar-refractivity contribution in [3.63, 3.8) is 0 Å². The summed E-state index contributed by atoms with van der Waals surface area (Å²) < 4.78 is 10.4. The van der Waals surface area contributed by atoms with Crippen LogP contribution in [0.4, 0.5) is 11.4 Å². The van der Waals surface area contributed by atoms with E-state index in [0.717, 1.165) is 25.1 Å². The maximum atomic E-state index is 12.5. The fourth-order valence-electron chi connectivity index (χ4n) is 2.99. The molecule has 0 spiro atoms. The van der Waals surface area contributed by atoms with Gasteiger partial charge in [-0.05, 0) is 49.2 Å². The highest BCUT2D eigenvalue weighted by atomic mass is 16.5. The first kappa shape index (κ1) is 17.8. The molecule has 2 aromatic carbocycles. The molecule has 0 bridgehead atoms. The Hall–Kier alpha value is -3.02. The third-order valence-electron chi connectivity index (χ3n) is 4.41. The Morgan fingerprint density at radius 1 is 1.04 bits per heavy atom. The Bertz CT molecular complexity index is 802. The molecule has 3 rings (SSSR count). The molecule has 0 aliphatic carbocycles. The zero-order valence-corrected chi connectivity index (χ0v) is 15.0. The molecule has 1 N–H and O–H groups in total. The molecule has 1 aliphatic heterocycles. The number of rotatable bonds is 5. The number of piperidine rings is 1. The minimum absolute atomic E-state index is 0.149. The van der Waals surface area contributed by atoms with Gasteiger partial charge in [-0.3, -0.25) is 9.59 Å². The maximum Gasteiger partial charge on any atom is 0.259 e. The predicted octanol–water partition coefficient (Wildman–Crippen LogP) is 3.47. The van der Waals surface area contributed by atoms with Gasteiger partial charge in [-0.25, -0.2) is 0 Å². The maximum absolute atomic E-state index is 12.5. The SMILES string of the molecule is COc1ccc(C(=O)Nc2ccc(N3CCCCC3=O)cc2)c(OC)c1. The van der Waals surface area contributed by atoms with Crippen LogP contribution in [0.5, 0.6) is 11.5 Å². The molecular weight excluding hydrogens is 332 g/mol. The van der Waals surface area contributed by atoms with Gasteiger partial charge in [0.1, 0.15) is 11.5 Å². The number of nitrogens with zero attached hydrogens (tertiary/aromatic N) is 1. The van der Waals surface area contributed by atoms with Crippen molar-refractivity contribution in [1.29, 1.82) is 0 Å². The van der Waals surface area contributed by atoms with Crippen molar-refractivity contribution < 1.29 is 19.1 Å². The van der Waals surface area contributed by atoms with Gasteiger partial charge in [0.25, 0.3) is 5.91 Å². The number of carbonyl (C=O) groups excluding carboxylic acids is 2. The van der Waals surface area contributed by atoms with Crippen LogP contribution in [0.1, 0.15) is 29.6 Å². The quantitative estimate of drug-likeness (QED) is 0.893. The van der Waals surface area contributed by atoms with E-state index in [0.29, 0.717) is 29.2 Å².